The van der Waals surface area contributed by atoms with Gasteiger partial charge in [-0.15, -0.1) is 0 Å². The SMILES string of the molecule is CCc1ccc(NC(=O)CN2NC3C4CC(c5ccc(Cl)cc5)NN4C=CN3C2=O)cc1. The Hall–Kier alpha value is -3.07. The van der Waals surface area contributed by atoms with E-state index in [4.69, 9.17) is 11.6 Å². The van der Waals surface area contributed by atoms with Crippen LogP contribution in [0.25, 0.3) is 0 Å². The Morgan fingerprint density at radius 3 is 2.56 bits per heavy atom. The van der Waals surface area contributed by atoms with Crippen molar-refractivity contribution in [2.45, 2.75) is 38.0 Å². The van der Waals surface area contributed by atoms with E-state index in [-0.39, 0.29) is 36.7 Å². The average Bonchev–Trinajstić information content (AvgIpc) is 3.36. The van der Waals surface area contributed by atoms with Crippen molar-refractivity contribution in [2.75, 3.05) is 11.9 Å². The molecule has 8 nitrogen and oxygen atoms in total. The summed E-state index contributed by atoms with van der Waals surface area (Å²) in [6.45, 7) is 2.01. The van der Waals surface area contributed by atoms with Gasteiger partial charge >= 0.3 is 6.03 Å². The second kappa shape index (κ2) is 8.46. The van der Waals surface area contributed by atoms with Gasteiger partial charge in [-0.05, 0) is 48.2 Å². The van der Waals surface area contributed by atoms with E-state index in [1.807, 2.05) is 59.7 Å². The molecule has 3 N–H and O–H groups in total. The summed E-state index contributed by atoms with van der Waals surface area (Å²) < 4.78 is 0. The summed E-state index contributed by atoms with van der Waals surface area (Å²) >= 11 is 6.02. The molecule has 32 heavy (non-hydrogen) atoms. The number of carbonyl (C=O) groups is 2. The molecule has 2 aromatic carbocycles. The molecular formula is C23H25ClN6O2. The van der Waals surface area contributed by atoms with Gasteiger partial charge in [0.1, 0.15) is 12.7 Å². The molecule has 0 spiro atoms. The highest BCUT2D eigenvalue weighted by atomic mass is 35.5. The molecule has 0 aliphatic carbocycles. The molecule has 0 bridgehead atoms. The summed E-state index contributed by atoms with van der Waals surface area (Å²) in [7, 11) is 0. The molecule has 9 heteroatoms. The normalized spacial score (nSPS) is 24.0. The summed E-state index contributed by atoms with van der Waals surface area (Å²) in [6.07, 6.45) is 5.10. The van der Waals surface area contributed by atoms with Crippen LogP contribution in [0.1, 0.15) is 30.5 Å². The van der Waals surface area contributed by atoms with Crippen LogP contribution in [0.4, 0.5) is 10.5 Å². The molecule has 0 radical (unpaired) electrons. The van der Waals surface area contributed by atoms with Crippen molar-refractivity contribution in [1.29, 1.82) is 0 Å². The molecule has 3 heterocycles. The van der Waals surface area contributed by atoms with Crippen LogP contribution in [0.3, 0.4) is 0 Å². The topological polar surface area (TPSA) is 80.0 Å². The fourth-order valence-corrected chi connectivity index (χ4v) is 4.54. The van der Waals surface area contributed by atoms with Crippen LogP contribution in [0.5, 0.6) is 0 Å². The number of amides is 3. The maximum absolute atomic E-state index is 12.9. The molecule has 2 saturated heterocycles. The second-order valence-electron chi connectivity index (χ2n) is 8.19. The van der Waals surface area contributed by atoms with E-state index in [1.165, 1.54) is 10.6 Å². The van der Waals surface area contributed by atoms with E-state index >= 15 is 0 Å². The number of hydrogen-bond donors (Lipinski definition) is 3. The zero-order chi connectivity index (χ0) is 22.2. The number of anilines is 1. The van der Waals surface area contributed by atoms with Crippen LogP contribution in [-0.2, 0) is 11.2 Å². The summed E-state index contributed by atoms with van der Waals surface area (Å²) in [5.74, 6) is -0.251. The predicted molar refractivity (Wildman–Crippen MR) is 122 cm³/mol. The molecule has 3 atom stereocenters. The lowest BCUT2D eigenvalue weighted by Crippen LogP contribution is -2.54. The van der Waals surface area contributed by atoms with Crippen molar-refractivity contribution in [1.82, 2.24) is 25.8 Å². The molecule has 2 aromatic rings. The van der Waals surface area contributed by atoms with Crippen LogP contribution < -0.4 is 16.2 Å². The first-order chi connectivity index (χ1) is 15.5. The first-order valence-corrected chi connectivity index (χ1v) is 11.1. The molecule has 3 aliphatic heterocycles. The van der Waals surface area contributed by atoms with Crippen molar-refractivity contribution in [3.05, 3.63) is 77.1 Å². The molecule has 166 valence electrons. The van der Waals surface area contributed by atoms with E-state index in [2.05, 4.69) is 23.1 Å². The third-order valence-corrected chi connectivity index (χ3v) is 6.40. The van der Waals surface area contributed by atoms with E-state index < -0.39 is 0 Å². The summed E-state index contributed by atoms with van der Waals surface area (Å²) in [5, 5.41) is 6.97. The molecule has 3 unspecified atom stereocenters. The molecule has 0 saturated carbocycles. The number of fused-ring (bicyclic) bond motifs is 3. The summed E-state index contributed by atoms with van der Waals surface area (Å²) in [5.41, 5.74) is 9.76. The number of halogens is 1. The highest BCUT2D eigenvalue weighted by Gasteiger charge is 2.48. The fourth-order valence-electron chi connectivity index (χ4n) is 4.41. The van der Waals surface area contributed by atoms with Gasteiger partial charge in [0.05, 0.1) is 12.1 Å². The highest BCUT2D eigenvalue weighted by molar-refractivity contribution is 6.30. The van der Waals surface area contributed by atoms with Crippen molar-refractivity contribution in [3.8, 4) is 0 Å². The minimum atomic E-state index is -0.256. The van der Waals surface area contributed by atoms with Crippen molar-refractivity contribution >= 4 is 29.2 Å². The van der Waals surface area contributed by atoms with Crippen molar-refractivity contribution < 1.29 is 9.59 Å². The average molecular weight is 453 g/mol. The van der Waals surface area contributed by atoms with Gasteiger partial charge in [-0.1, -0.05) is 42.8 Å². The summed E-state index contributed by atoms with van der Waals surface area (Å²) in [6, 6.07) is 15.4. The van der Waals surface area contributed by atoms with Gasteiger partial charge in [0.15, 0.2) is 0 Å². The van der Waals surface area contributed by atoms with E-state index in [1.54, 1.807) is 11.1 Å². The Balaban J connectivity index is 1.23. The third-order valence-electron chi connectivity index (χ3n) is 6.15. The van der Waals surface area contributed by atoms with Crippen LogP contribution in [-0.4, -0.2) is 45.6 Å². The number of hydrogen-bond acceptors (Lipinski definition) is 5. The predicted octanol–water partition coefficient (Wildman–Crippen LogP) is 3.21. The highest BCUT2D eigenvalue weighted by Crippen LogP contribution is 2.34. The van der Waals surface area contributed by atoms with E-state index in [0.717, 1.165) is 18.4 Å². The molecule has 5 rings (SSSR count). The van der Waals surface area contributed by atoms with Gasteiger partial charge in [-0.25, -0.2) is 20.7 Å². The maximum atomic E-state index is 12.9. The number of rotatable bonds is 5. The van der Waals surface area contributed by atoms with Gasteiger partial charge in [0.25, 0.3) is 0 Å². The minimum Gasteiger partial charge on any atom is -0.324 e. The van der Waals surface area contributed by atoms with Gasteiger partial charge < -0.3 is 10.3 Å². The quantitative estimate of drug-likeness (QED) is 0.649. The van der Waals surface area contributed by atoms with Crippen LogP contribution in [0.2, 0.25) is 5.02 Å². The molecule has 3 amide bonds. The Morgan fingerprint density at radius 2 is 1.84 bits per heavy atom. The van der Waals surface area contributed by atoms with Gasteiger partial charge in [-0.2, -0.15) is 0 Å². The maximum Gasteiger partial charge on any atom is 0.340 e. The van der Waals surface area contributed by atoms with E-state index in [9.17, 15) is 9.59 Å². The lowest BCUT2D eigenvalue weighted by atomic mass is 10.00. The lowest BCUT2D eigenvalue weighted by Gasteiger charge is -2.34. The van der Waals surface area contributed by atoms with Gasteiger partial charge in [0, 0.05) is 23.1 Å². The Morgan fingerprint density at radius 1 is 1.09 bits per heavy atom. The summed E-state index contributed by atoms with van der Waals surface area (Å²) in [4.78, 5) is 27.1. The monoisotopic (exact) mass is 452 g/mol. The first-order valence-electron chi connectivity index (χ1n) is 10.7. The smallest absolute Gasteiger partial charge is 0.324 e. The van der Waals surface area contributed by atoms with Crippen LogP contribution in [0.15, 0.2) is 60.9 Å². The molecular weight excluding hydrogens is 428 g/mol. The zero-order valence-electron chi connectivity index (χ0n) is 17.7. The Kier molecular flexibility index (Phi) is 5.50. The molecule has 3 aliphatic rings. The standard InChI is InChI=1S/C23H25ClN6O2/c1-2-15-3-9-18(10-4-15)25-21(31)14-30-23(32)28-11-12-29-20(22(28)27-30)13-19(26-29)16-5-7-17(24)8-6-16/h3-12,19-20,22,26-27H,2,13-14H2,1H3,(H,25,31). The number of carbonyl (C=O) groups excluding carboxylic acids is 2. The Bertz CT molecular complexity index is 1040. The number of urea groups is 1. The molecule has 2 fully saturated rings. The second-order valence-corrected chi connectivity index (χ2v) is 8.63. The zero-order valence-corrected chi connectivity index (χ0v) is 18.4. The van der Waals surface area contributed by atoms with Crippen molar-refractivity contribution in [2.24, 2.45) is 0 Å². The number of benzene rings is 2. The van der Waals surface area contributed by atoms with Crippen LogP contribution in [0, 0.1) is 0 Å². The van der Waals surface area contributed by atoms with E-state index in [0.29, 0.717) is 10.7 Å². The largest absolute Gasteiger partial charge is 0.340 e. The number of nitrogens with one attached hydrogen (secondary N) is 3. The lowest BCUT2D eigenvalue weighted by molar-refractivity contribution is -0.117. The Labute approximate surface area is 191 Å². The number of nitrogens with zero attached hydrogens (tertiary/aromatic N) is 3. The number of hydrazine groups is 2. The van der Waals surface area contributed by atoms with Crippen LogP contribution >= 0.6 is 11.6 Å². The minimum absolute atomic E-state index is 0.0271. The first kappa shape index (κ1) is 20.8. The fraction of sp³-hybridized carbons (Fsp3) is 0.304. The molecule has 0 aromatic heterocycles. The number of aryl methyl sites for hydroxylation is 1. The van der Waals surface area contributed by atoms with Gasteiger partial charge in [0.2, 0.25) is 5.91 Å². The third kappa shape index (κ3) is 3.92. The van der Waals surface area contributed by atoms with Crippen molar-refractivity contribution in [3.63, 3.8) is 0 Å². The van der Waals surface area contributed by atoms with Gasteiger partial charge in [-0.3, -0.25) is 9.69 Å².